The quantitative estimate of drug-likeness (QED) is 0.615. The number of Topliss-reactive ketones (excluding diaryl/α,β-unsaturated/α-hetero) is 1. The van der Waals surface area contributed by atoms with Gasteiger partial charge in [-0.1, -0.05) is 0 Å². The fraction of sp³-hybridized carbons (Fsp3) is 0.267. The normalized spacial score (nSPS) is 12.5. The first-order valence-electron chi connectivity index (χ1n) is 6.15. The fourth-order valence-corrected chi connectivity index (χ4v) is 2.37. The fourth-order valence-electron chi connectivity index (χ4n) is 2.25. The summed E-state index contributed by atoms with van der Waals surface area (Å²) in [7, 11) is 0. The number of nitrogens with zero attached hydrogens (tertiary/aromatic N) is 1. The Morgan fingerprint density at radius 3 is 2.50 bits per heavy atom. The van der Waals surface area contributed by atoms with Gasteiger partial charge in [-0.15, -0.1) is 11.6 Å². The molecule has 0 saturated carbocycles. The largest absolute Gasteiger partial charge is 0.315 e. The van der Waals surface area contributed by atoms with E-state index in [1.807, 2.05) is 0 Å². The second kappa shape index (κ2) is 5.37. The highest BCUT2D eigenvalue weighted by Crippen LogP contribution is 2.25. The SMILES string of the molecule is Cc1cc(C(=O)C(C)Cl)c(C)n1-c1cc(F)ccc1F. The van der Waals surface area contributed by atoms with E-state index in [4.69, 9.17) is 11.6 Å². The average molecular weight is 298 g/mol. The molecule has 5 heteroatoms. The number of carbonyl (C=O) groups is 1. The molecule has 106 valence electrons. The number of alkyl halides is 1. The molecule has 1 aromatic heterocycles. The highest BCUT2D eigenvalue weighted by molar-refractivity contribution is 6.33. The minimum atomic E-state index is -0.665. The highest BCUT2D eigenvalue weighted by Gasteiger charge is 2.21. The molecule has 0 radical (unpaired) electrons. The van der Waals surface area contributed by atoms with E-state index < -0.39 is 17.0 Å². The Kier molecular flexibility index (Phi) is 3.95. The molecule has 1 unspecified atom stereocenters. The average Bonchev–Trinajstić information content (AvgIpc) is 2.67. The molecule has 0 fully saturated rings. The third kappa shape index (κ3) is 2.48. The van der Waals surface area contributed by atoms with Gasteiger partial charge in [-0.3, -0.25) is 4.79 Å². The molecule has 0 aliphatic heterocycles. The van der Waals surface area contributed by atoms with E-state index in [9.17, 15) is 13.6 Å². The van der Waals surface area contributed by atoms with Crippen molar-refractivity contribution in [1.82, 2.24) is 4.57 Å². The summed E-state index contributed by atoms with van der Waals surface area (Å²) in [5.41, 5.74) is 1.70. The number of hydrogen-bond donors (Lipinski definition) is 0. The number of carbonyl (C=O) groups excluding carboxylic acids is 1. The zero-order valence-corrected chi connectivity index (χ0v) is 12.1. The maximum Gasteiger partial charge on any atom is 0.182 e. The third-order valence-electron chi connectivity index (χ3n) is 3.21. The van der Waals surface area contributed by atoms with E-state index in [0.29, 0.717) is 17.0 Å². The molecule has 1 atom stereocenters. The molecule has 20 heavy (non-hydrogen) atoms. The molecule has 0 spiro atoms. The molecular formula is C15H14ClF2NO. The number of hydrogen-bond acceptors (Lipinski definition) is 1. The van der Waals surface area contributed by atoms with E-state index in [1.165, 1.54) is 4.57 Å². The lowest BCUT2D eigenvalue weighted by Crippen LogP contribution is -2.12. The zero-order chi connectivity index (χ0) is 15.0. The van der Waals surface area contributed by atoms with Crippen LogP contribution in [-0.4, -0.2) is 15.7 Å². The van der Waals surface area contributed by atoms with Crippen LogP contribution in [0.4, 0.5) is 8.78 Å². The molecule has 1 heterocycles. The number of aromatic nitrogens is 1. The summed E-state index contributed by atoms with van der Waals surface area (Å²) >= 11 is 5.81. The monoisotopic (exact) mass is 297 g/mol. The maximum absolute atomic E-state index is 13.9. The van der Waals surface area contributed by atoms with Crippen LogP contribution in [0, 0.1) is 25.5 Å². The molecule has 0 saturated heterocycles. The number of rotatable bonds is 3. The van der Waals surface area contributed by atoms with Crippen molar-refractivity contribution in [2.45, 2.75) is 26.1 Å². The Morgan fingerprint density at radius 1 is 1.25 bits per heavy atom. The third-order valence-corrected chi connectivity index (χ3v) is 3.41. The predicted molar refractivity (Wildman–Crippen MR) is 74.8 cm³/mol. The van der Waals surface area contributed by atoms with E-state index in [-0.39, 0.29) is 11.5 Å². The van der Waals surface area contributed by atoms with Gasteiger partial charge < -0.3 is 4.57 Å². The molecule has 1 aromatic carbocycles. The van der Waals surface area contributed by atoms with Gasteiger partial charge in [0, 0.05) is 23.0 Å². The highest BCUT2D eigenvalue weighted by atomic mass is 35.5. The van der Waals surface area contributed by atoms with Gasteiger partial charge in [0.1, 0.15) is 11.6 Å². The lowest BCUT2D eigenvalue weighted by molar-refractivity contribution is 0.0991. The van der Waals surface area contributed by atoms with Crippen LogP contribution in [0.2, 0.25) is 0 Å². The van der Waals surface area contributed by atoms with Crippen molar-refractivity contribution in [1.29, 1.82) is 0 Å². The molecule has 0 N–H and O–H groups in total. The summed E-state index contributed by atoms with van der Waals surface area (Å²) < 4.78 is 28.7. The Hall–Kier alpha value is -1.68. The summed E-state index contributed by atoms with van der Waals surface area (Å²) in [6, 6.07) is 4.86. The Balaban J connectivity index is 2.64. The van der Waals surface area contributed by atoms with Gasteiger partial charge in [0.15, 0.2) is 5.78 Å². The standard InChI is InChI=1S/C15H14ClF2NO/c1-8-6-12(15(20)9(2)16)10(3)19(8)14-7-11(17)4-5-13(14)18/h4-7,9H,1-3H3. The molecule has 0 bridgehead atoms. The Morgan fingerprint density at radius 2 is 1.90 bits per heavy atom. The molecule has 2 aromatic rings. The van der Waals surface area contributed by atoms with Crippen LogP contribution in [0.1, 0.15) is 28.7 Å². The van der Waals surface area contributed by atoms with Crippen molar-refractivity contribution in [2.24, 2.45) is 0 Å². The van der Waals surface area contributed by atoms with Crippen LogP contribution in [0.3, 0.4) is 0 Å². The van der Waals surface area contributed by atoms with Crippen molar-refractivity contribution in [2.75, 3.05) is 0 Å². The molecule has 2 nitrogen and oxygen atoms in total. The van der Waals surface area contributed by atoms with Crippen LogP contribution in [-0.2, 0) is 0 Å². The predicted octanol–water partition coefficient (Wildman–Crippen LogP) is 4.18. The van der Waals surface area contributed by atoms with E-state index in [0.717, 1.165) is 18.2 Å². The summed E-state index contributed by atoms with van der Waals surface area (Å²) in [6.45, 7) is 5.00. The molecule has 0 aliphatic rings. The van der Waals surface area contributed by atoms with Crippen molar-refractivity contribution in [3.63, 3.8) is 0 Å². The van der Waals surface area contributed by atoms with Gasteiger partial charge >= 0.3 is 0 Å². The Bertz CT molecular complexity index is 677. The van der Waals surface area contributed by atoms with Crippen molar-refractivity contribution >= 4 is 17.4 Å². The first-order chi connectivity index (χ1) is 9.32. The second-order valence-electron chi connectivity index (χ2n) is 4.70. The number of halogens is 3. The smallest absolute Gasteiger partial charge is 0.182 e. The second-order valence-corrected chi connectivity index (χ2v) is 5.35. The van der Waals surface area contributed by atoms with Crippen LogP contribution < -0.4 is 0 Å². The lowest BCUT2D eigenvalue weighted by atomic mass is 10.1. The van der Waals surface area contributed by atoms with Gasteiger partial charge in [0.25, 0.3) is 0 Å². The van der Waals surface area contributed by atoms with Crippen LogP contribution in [0.15, 0.2) is 24.3 Å². The minimum Gasteiger partial charge on any atom is -0.315 e. The van der Waals surface area contributed by atoms with Crippen LogP contribution in [0.5, 0.6) is 0 Å². The van der Waals surface area contributed by atoms with Crippen LogP contribution >= 0.6 is 11.6 Å². The molecule has 0 aliphatic carbocycles. The topological polar surface area (TPSA) is 22.0 Å². The molecule has 0 amide bonds. The van der Waals surface area contributed by atoms with Gasteiger partial charge in [-0.25, -0.2) is 8.78 Å². The number of aryl methyl sites for hydroxylation is 1. The van der Waals surface area contributed by atoms with Gasteiger partial charge in [0.2, 0.25) is 0 Å². The van der Waals surface area contributed by atoms with Gasteiger partial charge in [-0.2, -0.15) is 0 Å². The van der Waals surface area contributed by atoms with E-state index >= 15 is 0 Å². The summed E-state index contributed by atoms with van der Waals surface area (Å²) in [4.78, 5) is 12.0. The summed E-state index contributed by atoms with van der Waals surface area (Å²) in [5.74, 6) is -1.32. The first-order valence-corrected chi connectivity index (χ1v) is 6.59. The molecule has 2 rings (SSSR count). The van der Waals surface area contributed by atoms with Crippen molar-refractivity contribution in [3.8, 4) is 5.69 Å². The number of ketones is 1. The van der Waals surface area contributed by atoms with Gasteiger partial charge in [-0.05, 0) is 39.0 Å². The van der Waals surface area contributed by atoms with Gasteiger partial charge in [0.05, 0.1) is 11.1 Å². The molecular weight excluding hydrogens is 284 g/mol. The maximum atomic E-state index is 13.9. The zero-order valence-electron chi connectivity index (χ0n) is 11.4. The lowest BCUT2D eigenvalue weighted by Gasteiger charge is -2.11. The minimum absolute atomic E-state index is 0.0845. The van der Waals surface area contributed by atoms with Crippen molar-refractivity contribution < 1.29 is 13.6 Å². The first kappa shape index (κ1) is 14.7. The van der Waals surface area contributed by atoms with E-state index in [1.54, 1.807) is 26.8 Å². The number of benzene rings is 1. The van der Waals surface area contributed by atoms with E-state index in [2.05, 4.69) is 0 Å². The summed E-state index contributed by atoms with van der Waals surface area (Å²) in [5, 5.41) is -0.665. The summed E-state index contributed by atoms with van der Waals surface area (Å²) in [6.07, 6.45) is 0. The van der Waals surface area contributed by atoms with Crippen molar-refractivity contribution in [3.05, 3.63) is 52.9 Å². The Labute approximate surface area is 121 Å². The van der Waals surface area contributed by atoms with Crippen LogP contribution in [0.25, 0.3) is 5.69 Å².